The van der Waals surface area contributed by atoms with Gasteiger partial charge in [0.25, 0.3) is 0 Å². The smallest absolute Gasteiger partial charge is 0.224 e. The van der Waals surface area contributed by atoms with Crippen LogP contribution in [0.2, 0.25) is 0 Å². The summed E-state index contributed by atoms with van der Waals surface area (Å²) in [7, 11) is 0. The van der Waals surface area contributed by atoms with Crippen LogP contribution in [-0.2, 0) is 4.79 Å². The van der Waals surface area contributed by atoms with Gasteiger partial charge in [0.15, 0.2) is 0 Å². The summed E-state index contributed by atoms with van der Waals surface area (Å²) in [5.41, 5.74) is 0.861. The molecule has 18 heavy (non-hydrogen) atoms. The fourth-order valence-electron chi connectivity index (χ4n) is 2.23. The van der Waals surface area contributed by atoms with E-state index in [1.165, 1.54) is 19.3 Å². The maximum atomic E-state index is 11.8. The first-order valence-corrected chi connectivity index (χ1v) is 7.32. The van der Waals surface area contributed by atoms with Crippen molar-refractivity contribution in [1.29, 1.82) is 0 Å². The summed E-state index contributed by atoms with van der Waals surface area (Å²) >= 11 is 3.37. The first kappa shape index (κ1) is 13.6. The Balaban J connectivity index is 1.73. The number of rotatable bonds is 4. The van der Waals surface area contributed by atoms with Gasteiger partial charge in [0.05, 0.1) is 0 Å². The summed E-state index contributed by atoms with van der Waals surface area (Å²) in [6.45, 7) is 1.10. The summed E-state index contributed by atoms with van der Waals surface area (Å²) < 4.78 is 1.02. The minimum Gasteiger partial charge on any atom is -0.326 e. The highest BCUT2D eigenvalue weighted by Crippen LogP contribution is 2.15. The number of amides is 1. The van der Waals surface area contributed by atoms with Crippen LogP contribution < -0.4 is 10.6 Å². The molecular weight excluding hydrogens is 292 g/mol. The van der Waals surface area contributed by atoms with Gasteiger partial charge >= 0.3 is 0 Å². The van der Waals surface area contributed by atoms with Crippen molar-refractivity contribution in [2.24, 2.45) is 0 Å². The van der Waals surface area contributed by atoms with Crippen molar-refractivity contribution in [3.8, 4) is 0 Å². The van der Waals surface area contributed by atoms with Gasteiger partial charge in [-0.15, -0.1) is 0 Å². The van der Waals surface area contributed by atoms with E-state index in [2.05, 4.69) is 26.6 Å². The SMILES string of the molecule is O=C(CCC1CCCCN1)Nc1ccc(Br)cc1. The number of carbonyl (C=O) groups excluding carboxylic acids is 1. The molecule has 0 radical (unpaired) electrons. The first-order chi connectivity index (χ1) is 8.74. The third-order valence-electron chi connectivity index (χ3n) is 3.26. The van der Waals surface area contributed by atoms with Crippen molar-refractivity contribution in [3.05, 3.63) is 28.7 Å². The Morgan fingerprint density at radius 2 is 2.11 bits per heavy atom. The number of anilines is 1. The van der Waals surface area contributed by atoms with Crippen LogP contribution in [0.1, 0.15) is 32.1 Å². The molecule has 1 aliphatic heterocycles. The molecule has 0 saturated carbocycles. The Bertz CT molecular complexity index is 385. The van der Waals surface area contributed by atoms with Gasteiger partial charge in [-0.25, -0.2) is 0 Å². The molecule has 2 rings (SSSR count). The van der Waals surface area contributed by atoms with Crippen LogP contribution in [0.5, 0.6) is 0 Å². The predicted molar refractivity (Wildman–Crippen MR) is 77.6 cm³/mol. The van der Waals surface area contributed by atoms with Crippen LogP contribution in [0.3, 0.4) is 0 Å². The molecule has 0 aromatic heterocycles. The van der Waals surface area contributed by atoms with E-state index < -0.39 is 0 Å². The number of hydrogen-bond donors (Lipinski definition) is 2. The van der Waals surface area contributed by atoms with E-state index in [0.29, 0.717) is 12.5 Å². The molecule has 1 aliphatic rings. The van der Waals surface area contributed by atoms with Crippen molar-refractivity contribution in [2.45, 2.75) is 38.1 Å². The quantitative estimate of drug-likeness (QED) is 0.896. The molecule has 1 aromatic rings. The van der Waals surface area contributed by atoms with Gasteiger partial charge in [-0.2, -0.15) is 0 Å². The number of piperidine rings is 1. The van der Waals surface area contributed by atoms with E-state index in [4.69, 9.17) is 0 Å². The molecule has 1 atom stereocenters. The lowest BCUT2D eigenvalue weighted by molar-refractivity contribution is -0.116. The molecule has 1 amide bonds. The van der Waals surface area contributed by atoms with Gasteiger partial charge in [-0.05, 0) is 50.1 Å². The molecule has 1 saturated heterocycles. The highest BCUT2D eigenvalue weighted by atomic mass is 79.9. The number of halogens is 1. The zero-order chi connectivity index (χ0) is 12.8. The Morgan fingerprint density at radius 1 is 1.33 bits per heavy atom. The molecule has 1 heterocycles. The summed E-state index contributed by atoms with van der Waals surface area (Å²) in [6, 6.07) is 8.19. The molecule has 1 unspecified atom stereocenters. The van der Waals surface area contributed by atoms with E-state index in [1.807, 2.05) is 24.3 Å². The summed E-state index contributed by atoms with van der Waals surface area (Å²) in [5, 5.41) is 6.38. The molecule has 1 aromatic carbocycles. The van der Waals surface area contributed by atoms with Crippen LogP contribution in [0.4, 0.5) is 5.69 Å². The molecule has 1 fully saturated rings. The molecule has 0 aliphatic carbocycles. The van der Waals surface area contributed by atoms with Crippen LogP contribution in [0.15, 0.2) is 28.7 Å². The molecule has 2 N–H and O–H groups in total. The Morgan fingerprint density at radius 3 is 2.78 bits per heavy atom. The highest BCUT2D eigenvalue weighted by molar-refractivity contribution is 9.10. The van der Waals surface area contributed by atoms with Crippen molar-refractivity contribution in [1.82, 2.24) is 5.32 Å². The molecule has 4 heteroatoms. The van der Waals surface area contributed by atoms with E-state index in [0.717, 1.165) is 23.1 Å². The number of carbonyl (C=O) groups is 1. The normalized spacial score (nSPS) is 19.5. The Kier molecular flexibility index (Phi) is 5.20. The topological polar surface area (TPSA) is 41.1 Å². The van der Waals surface area contributed by atoms with Crippen molar-refractivity contribution in [2.75, 3.05) is 11.9 Å². The fraction of sp³-hybridized carbons (Fsp3) is 0.500. The summed E-state index contributed by atoms with van der Waals surface area (Å²) in [4.78, 5) is 11.8. The van der Waals surface area contributed by atoms with Crippen molar-refractivity contribution >= 4 is 27.5 Å². The molecule has 0 spiro atoms. The van der Waals surface area contributed by atoms with Crippen LogP contribution in [0, 0.1) is 0 Å². The van der Waals surface area contributed by atoms with Crippen LogP contribution >= 0.6 is 15.9 Å². The average Bonchev–Trinajstić information content (AvgIpc) is 2.40. The second-order valence-corrected chi connectivity index (χ2v) is 5.66. The average molecular weight is 311 g/mol. The minimum absolute atomic E-state index is 0.102. The zero-order valence-electron chi connectivity index (χ0n) is 10.4. The van der Waals surface area contributed by atoms with Gasteiger partial charge in [0.2, 0.25) is 5.91 Å². The van der Waals surface area contributed by atoms with Gasteiger partial charge < -0.3 is 10.6 Å². The second kappa shape index (κ2) is 6.90. The molecule has 98 valence electrons. The predicted octanol–water partition coefficient (Wildman–Crippen LogP) is 3.31. The summed E-state index contributed by atoms with van der Waals surface area (Å²) in [5.74, 6) is 0.102. The Hall–Kier alpha value is -0.870. The van der Waals surface area contributed by atoms with Gasteiger partial charge in [0.1, 0.15) is 0 Å². The van der Waals surface area contributed by atoms with Crippen LogP contribution in [0.25, 0.3) is 0 Å². The molecule has 3 nitrogen and oxygen atoms in total. The fourth-order valence-corrected chi connectivity index (χ4v) is 2.50. The lowest BCUT2D eigenvalue weighted by Crippen LogP contribution is -2.34. The maximum absolute atomic E-state index is 11.8. The lowest BCUT2D eigenvalue weighted by atomic mass is 10.0. The highest BCUT2D eigenvalue weighted by Gasteiger charge is 2.13. The first-order valence-electron chi connectivity index (χ1n) is 6.53. The van der Waals surface area contributed by atoms with E-state index in [-0.39, 0.29) is 5.91 Å². The van der Waals surface area contributed by atoms with Crippen molar-refractivity contribution < 1.29 is 4.79 Å². The molecular formula is C14H19BrN2O. The number of nitrogens with one attached hydrogen (secondary N) is 2. The van der Waals surface area contributed by atoms with Gasteiger partial charge in [-0.3, -0.25) is 4.79 Å². The second-order valence-electron chi connectivity index (χ2n) is 4.74. The number of benzene rings is 1. The minimum atomic E-state index is 0.102. The van der Waals surface area contributed by atoms with E-state index in [1.54, 1.807) is 0 Å². The van der Waals surface area contributed by atoms with Gasteiger partial charge in [0, 0.05) is 22.6 Å². The lowest BCUT2D eigenvalue weighted by Gasteiger charge is -2.23. The maximum Gasteiger partial charge on any atom is 0.224 e. The van der Waals surface area contributed by atoms with E-state index in [9.17, 15) is 4.79 Å². The third kappa shape index (κ3) is 4.42. The monoisotopic (exact) mass is 310 g/mol. The van der Waals surface area contributed by atoms with Crippen LogP contribution in [-0.4, -0.2) is 18.5 Å². The largest absolute Gasteiger partial charge is 0.326 e. The molecule has 0 bridgehead atoms. The zero-order valence-corrected chi connectivity index (χ0v) is 12.0. The van der Waals surface area contributed by atoms with Gasteiger partial charge in [-0.1, -0.05) is 22.4 Å². The number of hydrogen-bond acceptors (Lipinski definition) is 2. The van der Waals surface area contributed by atoms with Crippen molar-refractivity contribution in [3.63, 3.8) is 0 Å². The Labute approximate surface area is 116 Å². The third-order valence-corrected chi connectivity index (χ3v) is 3.79. The standard InChI is InChI=1S/C14H19BrN2O/c15-11-4-6-13(7-5-11)17-14(18)9-8-12-3-1-2-10-16-12/h4-7,12,16H,1-3,8-10H2,(H,17,18). The van der Waals surface area contributed by atoms with E-state index >= 15 is 0 Å². The summed E-state index contributed by atoms with van der Waals surface area (Å²) in [6.07, 6.45) is 5.27.